The van der Waals surface area contributed by atoms with Gasteiger partial charge in [0.25, 0.3) is 10.1 Å². The Labute approximate surface area is 218 Å². The third-order valence-corrected chi connectivity index (χ3v) is 9.32. The van der Waals surface area contributed by atoms with Crippen LogP contribution in [-0.2, 0) is 25.7 Å². The Hall–Kier alpha value is -1.94. The van der Waals surface area contributed by atoms with Crippen LogP contribution in [0, 0.1) is 5.41 Å². The molecule has 0 fully saturated rings. The van der Waals surface area contributed by atoms with Gasteiger partial charge in [-0.15, -0.1) is 11.3 Å². The number of fused-ring (bicyclic) bond motifs is 1. The van der Waals surface area contributed by atoms with Gasteiger partial charge >= 0.3 is 0 Å². The van der Waals surface area contributed by atoms with Crippen molar-refractivity contribution >= 4 is 27.2 Å². The molecule has 9 heteroatoms. The first-order chi connectivity index (χ1) is 16.7. The Kier molecular flexibility index (Phi) is 8.60. The molecule has 200 valence electrons. The smallest absolute Gasteiger partial charge is 0.264 e. The normalized spacial score (nSPS) is 18.6. The lowest BCUT2D eigenvalue weighted by Crippen LogP contribution is -2.45. The highest BCUT2D eigenvalue weighted by Crippen LogP contribution is 2.54. The van der Waals surface area contributed by atoms with Crippen LogP contribution in [0.3, 0.4) is 0 Å². The first-order valence-electron chi connectivity index (χ1n) is 12.3. The molecule has 1 aliphatic rings. The number of Topliss-reactive ketones (excluding diaryl/α,β-unsaturated/α-hetero) is 1. The lowest BCUT2D eigenvalue weighted by molar-refractivity contribution is 0.00373. The number of hydrogen-bond donors (Lipinski definition) is 1. The fraction of sp³-hybridized carbons (Fsp3) is 0.593. The van der Waals surface area contributed by atoms with Crippen LogP contribution in [-0.4, -0.2) is 50.9 Å². The van der Waals surface area contributed by atoms with Gasteiger partial charge in [-0.3, -0.25) is 9.35 Å². The van der Waals surface area contributed by atoms with Crippen molar-refractivity contribution in [1.82, 2.24) is 0 Å². The molecule has 0 bridgehead atoms. The molecule has 0 saturated carbocycles. The lowest BCUT2D eigenvalue weighted by atomic mass is 9.82. The minimum Gasteiger partial charge on any atom is -0.487 e. The molecule has 2 aromatic rings. The molecule has 0 radical (unpaired) electrons. The third-order valence-electron chi connectivity index (χ3n) is 6.58. The first kappa shape index (κ1) is 28.6. The minimum atomic E-state index is -4.07. The highest BCUT2D eigenvalue weighted by molar-refractivity contribution is 7.85. The van der Waals surface area contributed by atoms with Crippen LogP contribution in [0.5, 0.6) is 11.5 Å². The molecule has 1 unspecified atom stereocenters. The van der Waals surface area contributed by atoms with Crippen LogP contribution < -0.4 is 9.47 Å². The zero-order chi connectivity index (χ0) is 26.8. The number of hydrogen-bond acceptors (Lipinski definition) is 7. The Bertz CT molecular complexity index is 1160. The van der Waals surface area contributed by atoms with Crippen LogP contribution in [0.25, 0.3) is 0 Å². The molecule has 1 aliphatic heterocycles. The Morgan fingerprint density at radius 2 is 1.64 bits per heavy atom. The van der Waals surface area contributed by atoms with E-state index in [1.807, 2.05) is 18.2 Å². The maximum Gasteiger partial charge on any atom is 0.264 e. The second kappa shape index (κ2) is 10.8. The number of thiophene rings is 1. The van der Waals surface area contributed by atoms with E-state index in [2.05, 4.69) is 41.5 Å². The predicted octanol–water partition coefficient (Wildman–Crippen LogP) is 5.67. The Morgan fingerprint density at radius 1 is 1.06 bits per heavy atom. The monoisotopic (exact) mass is 538 g/mol. The van der Waals surface area contributed by atoms with Gasteiger partial charge in [-0.1, -0.05) is 71.9 Å². The number of ether oxygens (including phenoxy) is 3. The molecule has 7 nitrogen and oxygen atoms in total. The van der Waals surface area contributed by atoms with Crippen LogP contribution in [0.4, 0.5) is 0 Å². The van der Waals surface area contributed by atoms with Crippen molar-refractivity contribution in [3.63, 3.8) is 0 Å². The van der Waals surface area contributed by atoms with E-state index in [-0.39, 0.29) is 49.5 Å². The summed E-state index contributed by atoms with van der Waals surface area (Å²) in [6.07, 6.45) is 1.03. The van der Waals surface area contributed by atoms with Crippen LogP contribution >= 0.6 is 11.3 Å². The van der Waals surface area contributed by atoms with Crippen molar-refractivity contribution in [3.05, 3.63) is 45.6 Å². The summed E-state index contributed by atoms with van der Waals surface area (Å²) in [6.45, 7) is 13.1. The van der Waals surface area contributed by atoms with Gasteiger partial charge in [-0.25, -0.2) is 0 Å². The van der Waals surface area contributed by atoms with E-state index < -0.39 is 21.3 Å². The second-order valence-electron chi connectivity index (χ2n) is 11.2. The molecule has 0 amide bonds. The Balaban J connectivity index is 1.96. The predicted molar refractivity (Wildman–Crippen MR) is 142 cm³/mol. The van der Waals surface area contributed by atoms with Crippen LogP contribution in [0.15, 0.2) is 30.3 Å². The molecule has 0 aliphatic carbocycles. The van der Waals surface area contributed by atoms with Gasteiger partial charge in [-0.2, -0.15) is 8.42 Å². The van der Waals surface area contributed by atoms with Gasteiger partial charge in [0, 0.05) is 23.0 Å². The summed E-state index contributed by atoms with van der Waals surface area (Å²) in [5.74, 6) is 0.838. The van der Waals surface area contributed by atoms with E-state index in [9.17, 15) is 13.2 Å². The average Bonchev–Trinajstić information content (AvgIpc) is 3.10. The first-order valence-corrected chi connectivity index (χ1v) is 14.7. The van der Waals surface area contributed by atoms with E-state index in [4.69, 9.17) is 18.8 Å². The fourth-order valence-corrected chi connectivity index (χ4v) is 5.91. The number of rotatable bonds is 10. The summed E-state index contributed by atoms with van der Waals surface area (Å²) >= 11 is 1.71. The third kappa shape index (κ3) is 6.49. The molecule has 2 heterocycles. The second-order valence-corrected chi connectivity index (χ2v) is 13.7. The topological polar surface area (TPSA) is 99.1 Å². The molecule has 36 heavy (non-hydrogen) atoms. The Morgan fingerprint density at radius 3 is 2.17 bits per heavy atom. The minimum absolute atomic E-state index is 0.00272. The summed E-state index contributed by atoms with van der Waals surface area (Å²) in [7, 11) is -4.07. The number of carbonyl (C=O) groups is 1. The van der Waals surface area contributed by atoms with Gasteiger partial charge in [0.2, 0.25) is 0 Å². The van der Waals surface area contributed by atoms with Crippen molar-refractivity contribution in [2.45, 2.75) is 65.2 Å². The fourth-order valence-electron chi connectivity index (χ4n) is 4.01. The van der Waals surface area contributed by atoms with E-state index in [0.717, 1.165) is 16.2 Å². The van der Waals surface area contributed by atoms with Crippen LogP contribution in [0.1, 0.15) is 74.5 Å². The van der Waals surface area contributed by atoms with Crippen molar-refractivity contribution in [3.8, 4) is 11.5 Å². The number of ketones is 1. The van der Waals surface area contributed by atoms with Gasteiger partial charge in [0.1, 0.15) is 18.6 Å². The summed E-state index contributed by atoms with van der Waals surface area (Å²) in [5, 5.41) is 0. The molecular formula is C27H38O7S2. The molecule has 3 rings (SSSR count). The van der Waals surface area contributed by atoms with Crippen molar-refractivity contribution in [2.75, 3.05) is 32.2 Å². The summed E-state index contributed by atoms with van der Waals surface area (Å²) in [5.41, 5.74) is -0.910. The zero-order valence-corrected chi connectivity index (χ0v) is 23.7. The van der Waals surface area contributed by atoms with Gasteiger partial charge in [0.15, 0.2) is 17.3 Å². The maximum atomic E-state index is 13.8. The molecule has 1 atom stereocenters. The van der Waals surface area contributed by atoms with E-state index in [1.165, 1.54) is 0 Å². The molecule has 0 saturated heterocycles. The van der Waals surface area contributed by atoms with Crippen LogP contribution in [0.2, 0.25) is 0 Å². The maximum absolute atomic E-state index is 13.8. The SMILES string of the molecule is CCC(C)(C)c1sc(C(C)(C)C)c2c1OCC(COCCCS(=O)(=O)O)(C(=O)c1ccccc1)CO2. The van der Waals surface area contributed by atoms with Gasteiger partial charge < -0.3 is 14.2 Å². The summed E-state index contributed by atoms with van der Waals surface area (Å²) in [6, 6.07) is 8.98. The van der Waals surface area contributed by atoms with E-state index in [1.54, 1.807) is 23.5 Å². The molecule has 0 spiro atoms. The summed E-state index contributed by atoms with van der Waals surface area (Å²) < 4.78 is 49.8. The average molecular weight is 539 g/mol. The number of benzene rings is 1. The van der Waals surface area contributed by atoms with Crippen molar-refractivity contribution in [1.29, 1.82) is 0 Å². The van der Waals surface area contributed by atoms with E-state index in [0.29, 0.717) is 17.1 Å². The van der Waals surface area contributed by atoms with Gasteiger partial charge in [-0.05, 0) is 12.8 Å². The van der Waals surface area contributed by atoms with Gasteiger partial charge in [0.05, 0.1) is 22.1 Å². The molecule has 1 aromatic heterocycles. The molecule has 1 aromatic carbocycles. The van der Waals surface area contributed by atoms with E-state index >= 15 is 0 Å². The number of carbonyl (C=O) groups excluding carboxylic acids is 1. The lowest BCUT2D eigenvalue weighted by Gasteiger charge is -2.30. The highest BCUT2D eigenvalue weighted by Gasteiger charge is 2.46. The standard InChI is InChI=1S/C27H38O7S2/c1-7-26(5,6)24-21-20(23(35-24)25(2,3)4)33-17-27(18-34-21,16-32-14-11-15-36(29,30)31)22(28)19-12-9-8-10-13-19/h8-10,12-13H,7,11,14-18H2,1-6H3,(H,29,30,31). The quantitative estimate of drug-likeness (QED) is 0.236. The zero-order valence-electron chi connectivity index (χ0n) is 22.0. The summed E-state index contributed by atoms with van der Waals surface area (Å²) in [4.78, 5) is 16.0. The largest absolute Gasteiger partial charge is 0.487 e. The highest BCUT2D eigenvalue weighted by atomic mass is 32.2. The molecular weight excluding hydrogens is 500 g/mol. The molecule has 1 N–H and O–H groups in total. The van der Waals surface area contributed by atoms with Crippen molar-refractivity contribution < 1.29 is 32.0 Å². The van der Waals surface area contributed by atoms with Crippen molar-refractivity contribution in [2.24, 2.45) is 5.41 Å².